The normalized spacial score (nSPS) is 10.3. The summed E-state index contributed by atoms with van der Waals surface area (Å²) in [5, 5.41) is 2.75. The number of rotatable bonds is 4. The molecule has 1 rings (SSSR count). The van der Waals surface area contributed by atoms with Crippen LogP contribution in [0.25, 0.3) is 0 Å². The number of ether oxygens (including phenoxy) is 1. The Labute approximate surface area is 94.6 Å². The van der Waals surface area contributed by atoms with E-state index in [9.17, 15) is 9.18 Å². The summed E-state index contributed by atoms with van der Waals surface area (Å²) in [6, 6.07) is 3.86. The molecule has 16 heavy (non-hydrogen) atoms. The van der Waals surface area contributed by atoms with E-state index in [1.807, 2.05) is 13.8 Å². The Balaban J connectivity index is 2.82. The number of methoxy groups -OCH3 is 1. The second-order valence-corrected chi connectivity index (χ2v) is 3.95. The monoisotopic (exact) mass is 225 g/mol. The Morgan fingerprint density at radius 2 is 2.19 bits per heavy atom. The molecule has 0 bridgehead atoms. The highest BCUT2D eigenvalue weighted by Gasteiger charge is 2.12. The summed E-state index contributed by atoms with van der Waals surface area (Å²) in [5.74, 6) is -0.0422. The zero-order chi connectivity index (χ0) is 12.1. The average molecular weight is 225 g/mol. The molecule has 1 aromatic rings. The highest BCUT2D eigenvalue weighted by molar-refractivity contribution is 5.96. The van der Waals surface area contributed by atoms with Gasteiger partial charge in [0, 0.05) is 12.6 Å². The largest absolute Gasteiger partial charge is 0.496 e. The van der Waals surface area contributed by atoms with Crippen molar-refractivity contribution in [3.05, 3.63) is 29.6 Å². The number of carbonyl (C=O) groups excluding carboxylic acids is 1. The minimum absolute atomic E-state index is 0.245. The fraction of sp³-hybridized carbons (Fsp3) is 0.417. The van der Waals surface area contributed by atoms with E-state index in [-0.39, 0.29) is 11.7 Å². The van der Waals surface area contributed by atoms with E-state index in [1.165, 1.54) is 25.3 Å². The van der Waals surface area contributed by atoms with Crippen molar-refractivity contribution >= 4 is 5.91 Å². The summed E-state index contributed by atoms with van der Waals surface area (Å²) >= 11 is 0. The van der Waals surface area contributed by atoms with Gasteiger partial charge in [0.2, 0.25) is 0 Å². The number of halogens is 1. The van der Waals surface area contributed by atoms with Crippen molar-refractivity contribution < 1.29 is 13.9 Å². The Bertz CT molecular complexity index is 377. The molecule has 0 spiro atoms. The topological polar surface area (TPSA) is 38.3 Å². The van der Waals surface area contributed by atoms with Crippen molar-refractivity contribution in [2.24, 2.45) is 5.92 Å². The van der Waals surface area contributed by atoms with E-state index in [0.29, 0.717) is 18.0 Å². The van der Waals surface area contributed by atoms with Gasteiger partial charge in [0.25, 0.3) is 5.91 Å². The fourth-order valence-corrected chi connectivity index (χ4v) is 1.24. The summed E-state index contributed by atoms with van der Waals surface area (Å²) < 4.78 is 17.9. The van der Waals surface area contributed by atoms with Gasteiger partial charge in [-0.25, -0.2) is 4.39 Å². The Kier molecular flexibility index (Phi) is 4.28. The first kappa shape index (κ1) is 12.5. The molecule has 3 nitrogen and oxygen atoms in total. The molecular formula is C12H16FNO2. The molecule has 0 fully saturated rings. The van der Waals surface area contributed by atoms with Crippen LogP contribution in [0.5, 0.6) is 5.75 Å². The van der Waals surface area contributed by atoms with Gasteiger partial charge in [0.1, 0.15) is 11.6 Å². The van der Waals surface area contributed by atoms with Crippen LogP contribution in [0.2, 0.25) is 0 Å². The van der Waals surface area contributed by atoms with E-state index in [0.717, 1.165) is 0 Å². The first-order chi connectivity index (χ1) is 7.54. The Morgan fingerprint density at radius 1 is 1.50 bits per heavy atom. The van der Waals surface area contributed by atoms with E-state index >= 15 is 0 Å². The summed E-state index contributed by atoms with van der Waals surface area (Å²) in [7, 11) is 1.41. The van der Waals surface area contributed by atoms with E-state index in [2.05, 4.69) is 5.32 Å². The zero-order valence-corrected chi connectivity index (χ0v) is 9.71. The number of amides is 1. The summed E-state index contributed by atoms with van der Waals surface area (Å²) in [6.45, 7) is 4.59. The smallest absolute Gasteiger partial charge is 0.255 e. The van der Waals surface area contributed by atoms with Crippen LogP contribution in [0, 0.1) is 11.7 Å². The number of hydrogen-bond acceptors (Lipinski definition) is 2. The molecule has 0 unspecified atom stereocenters. The third-order valence-corrected chi connectivity index (χ3v) is 2.08. The summed E-state index contributed by atoms with van der Waals surface area (Å²) in [6.07, 6.45) is 0. The van der Waals surface area contributed by atoms with Gasteiger partial charge in [0.15, 0.2) is 0 Å². The van der Waals surface area contributed by atoms with Crippen molar-refractivity contribution in [3.8, 4) is 5.75 Å². The number of hydrogen-bond donors (Lipinski definition) is 1. The molecule has 0 aliphatic carbocycles. The van der Waals surface area contributed by atoms with Crippen LogP contribution < -0.4 is 10.1 Å². The molecule has 0 saturated carbocycles. The minimum atomic E-state index is -0.419. The summed E-state index contributed by atoms with van der Waals surface area (Å²) in [4.78, 5) is 11.7. The molecule has 1 amide bonds. The van der Waals surface area contributed by atoms with Crippen LogP contribution >= 0.6 is 0 Å². The molecule has 0 radical (unpaired) electrons. The van der Waals surface area contributed by atoms with Crippen LogP contribution in [0.1, 0.15) is 24.2 Å². The minimum Gasteiger partial charge on any atom is -0.496 e. The zero-order valence-electron chi connectivity index (χ0n) is 9.71. The number of nitrogens with one attached hydrogen (secondary N) is 1. The van der Waals surface area contributed by atoms with Crippen LogP contribution in [0.3, 0.4) is 0 Å². The van der Waals surface area contributed by atoms with Gasteiger partial charge < -0.3 is 10.1 Å². The van der Waals surface area contributed by atoms with Crippen LogP contribution in [-0.4, -0.2) is 19.6 Å². The molecule has 0 atom stereocenters. The molecule has 0 saturated heterocycles. The lowest BCUT2D eigenvalue weighted by Gasteiger charge is -2.10. The second kappa shape index (κ2) is 5.49. The quantitative estimate of drug-likeness (QED) is 0.853. The highest BCUT2D eigenvalue weighted by Crippen LogP contribution is 2.19. The van der Waals surface area contributed by atoms with E-state index in [1.54, 1.807) is 0 Å². The van der Waals surface area contributed by atoms with Crippen LogP contribution in [0.15, 0.2) is 18.2 Å². The van der Waals surface area contributed by atoms with Gasteiger partial charge in [-0.3, -0.25) is 4.79 Å². The SMILES string of the molecule is COc1cc(F)ccc1C(=O)NCC(C)C. The maximum atomic E-state index is 12.9. The predicted molar refractivity (Wildman–Crippen MR) is 60.1 cm³/mol. The molecule has 0 aliphatic rings. The maximum Gasteiger partial charge on any atom is 0.255 e. The van der Waals surface area contributed by atoms with Crippen molar-refractivity contribution in [2.75, 3.05) is 13.7 Å². The third kappa shape index (κ3) is 3.22. The number of carbonyl (C=O) groups is 1. The number of benzene rings is 1. The lowest BCUT2D eigenvalue weighted by Crippen LogP contribution is -2.27. The molecular weight excluding hydrogens is 209 g/mol. The van der Waals surface area contributed by atoms with Gasteiger partial charge in [-0.15, -0.1) is 0 Å². The lowest BCUT2D eigenvalue weighted by atomic mass is 10.1. The summed E-state index contributed by atoms with van der Waals surface area (Å²) in [5.41, 5.74) is 0.351. The van der Waals surface area contributed by atoms with Crippen molar-refractivity contribution in [2.45, 2.75) is 13.8 Å². The van der Waals surface area contributed by atoms with E-state index < -0.39 is 5.82 Å². The average Bonchev–Trinajstić information content (AvgIpc) is 2.25. The van der Waals surface area contributed by atoms with Gasteiger partial charge in [-0.2, -0.15) is 0 Å². The van der Waals surface area contributed by atoms with Gasteiger partial charge in [-0.1, -0.05) is 13.8 Å². The first-order valence-electron chi connectivity index (χ1n) is 5.16. The third-order valence-electron chi connectivity index (χ3n) is 2.08. The van der Waals surface area contributed by atoms with Crippen molar-refractivity contribution in [3.63, 3.8) is 0 Å². The second-order valence-electron chi connectivity index (χ2n) is 3.95. The maximum absolute atomic E-state index is 12.9. The highest BCUT2D eigenvalue weighted by atomic mass is 19.1. The van der Waals surface area contributed by atoms with Gasteiger partial charge in [0.05, 0.1) is 12.7 Å². The van der Waals surface area contributed by atoms with Gasteiger partial charge >= 0.3 is 0 Å². The molecule has 0 heterocycles. The lowest BCUT2D eigenvalue weighted by molar-refractivity contribution is 0.0946. The molecule has 0 aliphatic heterocycles. The molecule has 0 aromatic heterocycles. The van der Waals surface area contributed by atoms with Crippen molar-refractivity contribution in [1.82, 2.24) is 5.32 Å². The fourth-order valence-electron chi connectivity index (χ4n) is 1.24. The van der Waals surface area contributed by atoms with Crippen LogP contribution in [-0.2, 0) is 0 Å². The van der Waals surface area contributed by atoms with Gasteiger partial charge in [-0.05, 0) is 18.1 Å². The predicted octanol–water partition coefficient (Wildman–Crippen LogP) is 2.22. The standard InChI is InChI=1S/C12H16FNO2/c1-8(2)7-14-12(15)10-5-4-9(13)6-11(10)16-3/h4-6,8H,7H2,1-3H3,(H,14,15). The molecule has 1 aromatic carbocycles. The first-order valence-corrected chi connectivity index (χ1v) is 5.16. The Morgan fingerprint density at radius 3 is 2.75 bits per heavy atom. The molecule has 4 heteroatoms. The molecule has 1 N–H and O–H groups in total. The van der Waals surface area contributed by atoms with Crippen molar-refractivity contribution in [1.29, 1.82) is 0 Å². The van der Waals surface area contributed by atoms with E-state index in [4.69, 9.17) is 4.74 Å². The molecule has 88 valence electrons. The Hall–Kier alpha value is -1.58. The van der Waals surface area contributed by atoms with Crippen LogP contribution in [0.4, 0.5) is 4.39 Å².